The molecule has 3 aromatic rings. The van der Waals surface area contributed by atoms with E-state index in [4.69, 9.17) is 0 Å². The molecule has 0 atom stereocenters. The topological polar surface area (TPSA) is 84.1 Å². The normalized spacial score (nSPS) is 16.4. The van der Waals surface area contributed by atoms with Crippen molar-refractivity contribution in [3.8, 4) is 0 Å². The quantitative estimate of drug-likeness (QED) is 0.575. The third kappa shape index (κ3) is 4.12. The molecule has 0 aromatic carbocycles. The molecule has 5 heterocycles. The monoisotopic (exact) mass is 452 g/mol. The van der Waals surface area contributed by atoms with Crippen molar-refractivity contribution in [3.63, 3.8) is 0 Å². The van der Waals surface area contributed by atoms with Crippen molar-refractivity contribution in [3.05, 3.63) is 53.8 Å². The first-order valence-electron chi connectivity index (χ1n) is 11.0. The summed E-state index contributed by atoms with van der Waals surface area (Å²) >= 11 is 1.71. The van der Waals surface area contributed by atoms with Gasteiger partial charge in [0.2, 0.25) is 0 Å². The standard InChI is InChI=1S/C22H28N8OS/c1-16-20(32-30-8-7-29-15-24-12-18(29)13-30)9-19(27(16)2)22(31)25-11-17-10-23-14-26-21(17)28-5-3-4-6-28/h9-10,12,14-15H,3-8,11,13H2,1-2H3,(H,25,31). The highest BCUT2D eigenvalue weighted by Crippen LogP contribution is 2.31. The molecular formula is C22H28N8OS. The highest BCUT2D eigenvalue weighted by atomic mass is 32.2. The van der Waals surface area contributed by atoms with Gasteiger partial charge in [0, 0.05) is 68.3 Å². The summed E-state index contributed by atoms with van der Waals surface area (Å²) in [4.78, 5) is 29.3. The van der Waals surface area contributed by atoms with E-state index < -0.39 is 0 Å². The van der Waals surface area contributed by atoms with Crippen LogP contribution in [0.4, 0.5) is 5.82 Å². The summed E-state index contributed by atoms with van der Waals surface area (Å²) in [6, 6.07) is 1.99. The Kier molecular flexibility index (Phi) is 5.88. The Labute approximate surface area is 192 Å². The summed E-state index contributed by atoms with van der Waals surface area (Å²) in [7, 11) is 1.95. The Morgan fingerprint density at radius 2 is 2.00 bits per heavy atom. The van der Waals surface area contributed by atoms with Crippen molar-refractivity contribution in [1.82, 2.24) is 33.7 Å². The molecule has 0 aliphatic carbocycles. The molecule has 0 spiro atoms. The molecule has 168 valence electrons. The number of carbonyl (C=O) groups is 1. The van der Waals surface area contributed by atoms with Crippen LogP contribution in [0.3, 0.4) is 0 Å². The predicted molar refractivity (Wildman–Crippen MR) is 123 cm³/mol. The summed E-state index contributed by atoms with van der Waals surface area (Å²) in [5.41, 5.74) is 3.91. The third-order valence-corrected chi connectivity index (χ3v) is 7.47. The Morgan fingerprint density at radius 1 is 1.16 bits per heavy atom. The highest BCUT2D eigenvalue weighted by molar-refractivity contribution is 7.97. The van der Waals surface area contributed by atoms with Gasteiger partial charge in [-0.3, -0.25) is 4.79 Å². The molecule has 2 aliphatic rings. The Morgan fingerprint density at radius 3 is 2.84 bits per heavy atom. The molecule has 0 saturated carbocycles. The fraction of sp³-hybridized carbons (Fsp3) is 0.455. The summed E-state index contributed by atoms with van der Waals surface area (Å²) < 4.78 is 6.48. The van der Waals surface area contributed by atoms with E-state index in [1.807, 2.05) is 30.2 Å². The van der Waals surface area contributed by atoms with Crippen LogP contribution in [-0.4, -0.2) is 53.9 Å². The Hall–Kier alpha value is -2.85. The van der Waals surface area contributed by atoms with Gasteiger partial charge in [-0.15, -0.1) is 0 Å². The van der Waals surface area contributed by atoms with Crippen molar-refractivity contribution >= 4 is 23.7 Å². The minimum atomic E-state index is -0.0876. The van der Waals surface area contributed by atoms with Gasteiger partial charge in [0.25, 0.3) is 5.91 Å². The minimum Gasteiger partial charge on any atom is -0.356 e. The van der Waals surface area contributed by atoms with Crippen LogP contribution in [0.15, 0.2) is 36.0 Å². The lowest BCUT2D eigenvalue weighted by atomic mass is 10.2. The van der Waals surface area contributed by atoms with Crippen LogP contribution in [0, 0.1) is 6.92 Å². The minimum absolute atomic E-state index is 0.0876. The average Bonchev–Trinajstić information content (AvgIpc) is 3.55. The third-order valence-electron chi connectivity index (χ3n) is 6.29. The molecule has 3 aromatic heterocycles. The zero-order valence-corrected chi connectivity index (χ0v) is 19.3. The average molecular weight is 453 g/mol. The van der Waals surface area contributed by atoms with Crippen LogP contribution in [0.25, 0.3) is 0 Å². The van der Waals surface area contributed by atoms with Gasteiger partial charge in [-0.05, 0) is 37.8 Å². The lowest BCUT2D eigenvalue weighted by molar-refractivity contribution is 0.0942. The van der Waals surface area contributed by atoms with E-state index in [1.54, 1.807) is 24.5 Å². The van der Waals surface area contributed by atoms with Crippen molar-refractivity contribution in [2.24, 2.45) is 7.05 Å². The Balaban J connectivity index is 1.26. The van der Waals surface area contributed by atoms with Gasteiger partial charge in [-0.25, -0.2) is 19.3 Å². The molecule has 2 aliphatic heterocycles. The second kappa shape index (κ2) is 8.95. The zero-order chi connectivity index (χ0) is 22.1. The van der Waals surface area contributed by atoms with Crippen molar-refractivity contribution < 1.29 is 4.79 Å². The second-order valence-corrected chi connectivity index (χ2v) is 9.46. The fourth-order valence-electron chi connectivity index (χ4n) is 4.32. The lowest BCUT2D eigenvalue weighted by Crippen LogP contribution is -2.27. The highest BCUT2D eigenvalue weighted by Gasteiger charge is 2.22. The molecule has 10 heteroatoms. The summed E-state index contributed by atoms with van der Waals surface area (Å²) in [5, 5.41) is 3.07. The number of fused-ring (bicyclic) bond motifs is 1. The maximum absolute atomic E-state index is 13.0. The molecule has 1 fully saturated rings. The molecule has 0 bridgehead atoms. The molecule has 9 nitrogen and oxygen atoms in total. The van der Waals surface area contributed by atoms with Crippen LogP contribution in [0.2, 0.25) is 0 Å². The number of hydrogen-bond acceptors (Lipinski definition) is 7. The molecule has 1 amide bonds. The number of nitrogens with zero attached hydrogens (tertiary/aromatic N) is 7. The molecule has 32 heavy (non-hydrogen) atoms. The number of anilines is 1. The summed E-state index contributed by atoms with van der Waals surface area (Å²) in [6.07, 6.45) is 9.56. The number of nitrogens with one attached hydrogen (secondary N) is 1. The number of rotatable bonds is 6. The van der Waals surface area contributed by atoms with Gasteiger partial charge in [-0.2, -0.15) is 0 Å². The SMILES string of the molecule is Cc1c(SN2CCn3cncc3C2)cc(C(=O)NCc2cncnc2N2CCCC2)n1C. The van der Waals surface area contributed by atoms with Gasteiger partial charge in [0.05, 0.1) is 18.6 Å². The Bertz CT molecular complexity index is 1120. The molecule has 1 saturated heterocycles. The molecule has 0 unspecified atom stereocenters. The summed E-state index contributed by atoms with van der Waals surface area (Å²) in [6.45, 7) is 7.20. The van der Waals surface area contributed by atoms with Gasteiger partial charge in [-0.1, -0.05) is 0 Å². The van der Waals surface area contributed by atoms with Crippen LogP contribution in [0.5, 0.6) is 0 Å². The van der Waals surface area contributed by atoms with E-state index in [-0.39, 0.29) is 5.91 Å². The largest absolute Gasteiger partial charge is 0.356 e. The van der Waals surface area contributed by atoms with Crippen molar-refractivity contribution in [1.29, 1.82) is 0 Å². The van der Waals surface area contributed by atoms with Crippen LogP contribution < -0.4 is 10.2 Å². The molecular weight excluding hydrogens is 424 g/mol. The number of aromatic nitrogens is 5. The fourth-order valence-corrected chi connectivity index (χ4v) is 5.40. The number of imidazole rings is 1. The van der Waals surface area contributed by atoms with Crippen LogP contribution >= 0.6 is 11.9 Å². The van der Waals surface area contributed by atoms with E-state index in [0.29, 0.717) is 12.2 Å². The van der Waals surface area contributed by atoms with Crippen molar-refractivity contribution in [2.45, 2.75) is 44.3 Å². The maximum Gasteiger partial charge on any atom is 0.268 e. The van der Waals surface area contributed by atoms with E-state index >= 15 is 0 Å². The van der Waals surface area contributed by atoms with Crippen LogP contribution in [-0.2, 0) is 26.7 Å². The molecule has 0 radical (unpaired) electrons. The maximum atomic E-state index is 13.0. The first-order valence-corrected chi connectivity index (χ1v) is 11.8. The first kappa shape index (κ1) is 21.0. The summed E-state index contributed by atoms with van der Waals surface area (Å²) in [5.74, 6) is 0.844. The first-order chi connectivity index (χ1) is 15.6. The molecule has 5 rings (SSSR count). The second-order valence-electron chi connectivity index (χ2n) is 8.32. The van der Waals surface area contributed by atoms with Gasteiger partial charge in [0.15, 0.2) is 0 Å². The van der Waals surface area contributed by atoms with E-state index in [9.17, 15) is 4.79 Å². The number of hydrogen-bond donors (Lipinski definition) is 1. The van der Waals surface area contributed by atoms with Gasteiger partial charge in [0.1, 0.15) is 17.8 Å². The molecule has 1 N–H and O–H groups in total. The van der Waals surface area contributed by atoms with Gasteiger partial charge < -0.3 is 19.4 Å². The zero-order valence-electron chi connectivity index (χ0n) is 18.5. The number of amides is 1. The van der Waals surface area contributed by atoms with E-state index in [0.717, 1.165) is 54.7 Å². The van der Waals surface area contributed by atoms with Crippen molar-refractivity contribution in [2.75, 3.05) is 24.5 Å². The predicted octanol–water partition coefficient (Wildman–Crippen LogP) is 2.37. The van der Waals surface area contributed by atoms with Crippen LogP contribution in [0.1, 0.15) is 40.3 Å². The smallest absolute Gasteiger partial charge is 0.268 e. The van der Waals surface area contributed by atoms with E-state index in [2.05, 4.69) is 41.0 Å². The lowest BCUT2D eigenvalue weighted by Gasteiger charge is -2.26. The number of carbonyl (C=O) groups excluding carboxylic acids is 1. The van der Waals surface area contributed by atoms with E-state index in [1.165, 1.54) is 18.5 Å². The van der Waals surface area contributed by atoms with Gasteiger partial charge >= 0.3 is 0 Å².